The molecule has 1 unspecified atom stereocenters. The van der Waals surface area contributed by atoms with Crippen LogP contribution in [0.25, 0.3) is 0 Å². The molecular weight excluding hydrogens is 188 g/mol. The molecule has 0 radical (unpaired) electrons. The van der Waals surface area contributed by atoms with Crippen molar-refractivity contribution in [3.05, 3.63) is 0 Å². The molecule has 0 aliphatic carbocycles. The molecule has 1 amide bonds. The minimum Gasteiger partial charge on any atom is -0.350 e. The van der Waals surface area contributed by atoms with E-state index in [-0.39, 0.29) is 11.4 Å². The van der Waals surface area contributed by atoms with Crippen molar-refractivity contribution < 1.29 is 4.79 Å². The fraction of sp³-hybridized carbons (Fsp3) is 0.833. The second-order valence-corrected chi connectivity index (χ2v) is 4.52. The van der Waals surface area contributed by atoms with Gasteiger partial charge in [0, 0.05) is 5.54 Å². The van der Waals surface area contributed by atoms with Crippen molar-refractivity contribution in [2.24, 2.45) is 5.41 Å². The average molecular weight is 210 g/mol. The van der Waals surface area contributed by atoms with Gasteiger partial charge in [0.15, 0.2) is 0 Å². The molecule has 0 rings (SSSR count). The molecule has 0 aromatic heterocycles. The third kappa shape index (κ3) is 3.23. The Labute approximate surface area is 92.9 Å². The molecule has 0 aliphatic heterocycles. The molecule has 0 aromatic rings. The summed E-state index contributed by atoms with van der Waals surface area (Å²) in [6.45, 7) is 9.64. The van der Waals surface area contributed by atoms with Crippen molar-refractivity contribution >= 4 is 5.91 Å². The Balaban J connectivity index is 4.70. The first-order chi connectivity index (χ1) is 6.87. The second-order valence-electron chi connectivity index (χ2n) is 4.52. The highest BCUT2D eigenvalue weighted by atomic mass is 16.2. The van der Waals surface area contributed by atoms with Crippen molar-refractivity contribution in [1.29, 1.82) is 5.26 Å². The molecular formula is C12H22N2O. The van der Waals surface area contributed by atoms with Crippen LogP contribution in [0, 0.1) is 16.7 Å². The first kappa shape index (κ1) is 14.0. The van der Waals surface area contributed by atoms with E-state index in [9.17, 15) is 4.79 Å². The molecule has 0 saturated heterocycles. The SMILES string of the molecule is CCC(C)(CC)NC(=O)C(C)(C#N)CC. The monoisotopic (exact) mass is 210 g/mol. The summed E-state index contributed by atoms with van der Waals surface area (Å²) < 4.78 is 0. The second kappa shape index (κ2) is 5.16. The van der Waals surface area contributed by atoms with Crippen molar-refractivity contribution in [2.45, 2.75) is 59.4 Å². The van der Waals surface area contributed by atoms with E-state index in [2.05, 4.69) is 11.4 Å². The first-order valence-corrected chi connectivity index (χ1v) is 5.61. The Hall–Kier alpha value is -1.04. The van der Waals surface area contributed by atoms with Gasteiger partial charge in [-0.25, -0.2) is 0 Å². The maximum atomic E-state index is 11.9. The molecule has 86 valence electrons. The fourth-order valence-electron chi connectivity index (χ4n) is 1.13. The maximum Gasteiger partial charge on any atom is 0.240 e. The van der Waals surface area contributed by atoms with Gasteiger partial charge in [0.05, 0.1) is 6.07 Å². The third-order valence-electron chi connectivity index (χ3n) is 3.43. The summed E-state index contributed by atoms with van der Waals surface area (Å²) in [5.41, 5.74) is -1.09. The molecule has 0 spiro atoms. The fourth-order valence-corrected chi connectivity index (χ4v) is 1.13. The topological polar surface area (TPSA) is 52.9 Å². The van der Waals surface area contributed by atoms with Gasteiger partial charge in [0.1, 0.15) is 5.41 Å². The predicted molar refractivity (Wildman–Crippen MR) is 61.1 cm³/mol. The zero-order valence-electron chi connectivity index (χ0n) is 10.5. The van der Waals surface area contributed by atoms with E-state index in [1.165, 1.54) is 0 Å². The van der Waals surface area contributed by atoms with Crippen molar-refractivity contribution in [3.8, 4) is 6.07 Å². The molecule has 0 aliphatic rings. The van der Waals surface area contributed by atoms with Gasteiger partial charge in [-0.3, -0.25) is 4.79 Å². The van der Waals surface area contributed by atoms with Crippen LogP contribution in [0.2, 0.25) is 0 Å². The molecule has 3 heteroatoms. The van der Waals surface area contributed by atoms with Crippen LogP contribution >= 0.6 is 0 Å². The number of hydrogen-bond acceptors (Lipinski definition) is 2. The first-order valence-electron chi connectivity index (χ1n) is 5.61. The van der Waals surface area contributed by atoms with Crippen LogP contribution in [-0.2, 0) is 4.79 Å². The van der Waals surface area contributed by atoms with E-state index in [0.29, 0.717) is 6.42 Å². The summed E-state index contributed by atoms with van der Waals surface area (Å²) >= 11 is 0. The molecule has 0 saturated carbocycles. The number of carbonyl (C=O) groups is 1. The lowest BCUT2D eigenvalue weighted by Crippen LogP contribution is -2.50. The van der Waals surface area contributed by atoms with Gasteiger partial charge in [0.25, 0.3) is 0 Å². The molecule has 0 aromatic carbocycles. The summed E-state index contributed by atoms with van der Waals surface area (Å²) in [4.78, 5) is 11.9. The summed E-state index contributed by atoms with van der Waals surface area (Å²) in [7, 11) is 0. The molecule has 0 bridgehead atoms. The van der Waals surface area contributed by atoms with Crippen LogP contribution in [0.4, 0.5) is 0 Å². The lowest BCUT2D eigenvalue weighted by Gasteiger charge is -2.31. The number of hydrogen-bond donors (Lipinski definition) is 1. The van der Waals surface area contributed by atoms with Crippen molar-refractivity contribution in [2.75, 3.05) is 0 Å². The highest BCUT2D eigenvalue weighted by Crippen LogP contribution is 2.23. The van der Waals surface area contributed by atoms with E-state index >= 15 is 0 Å². The van der Waals surface area contributed by atoms with E-state index < -0.39 is 5.41 Å². The highest BCUT2D eigenvalue weighted by molar-refractivity contribution is 5.85. The minimum atomic E-state index is -0.897. The molecule has 1 N–H and O–H groups in total. The number of nitriles is 1. The van der Waals surface area contributed by atoms with Gasteiger partial charge < -0.3 is 5.32 Å². The highest BCUT2D eigenvalue weighted by Gasteiger charge is 2.35. The molecule has 0 heterocycles. The Morgan fingerprint density at radius 3 is 1.93 bits per heavy atom. The normalized spacial score (nSPS) is 15.2. The number of carbonyl (C=O) groups excluding carboxylic acids is 1. The minimum absolute atomic E-state index is 0.154. The van der Waals surface area contributed by atoms with Gasteiger partial charge in [-0.2, -0.15) is 5.26 Å². The van der Waals surface area contributed by atoms with Gasteiger partial charge >= 0.3 is 0 Å². The largest absolute Gasteiger partial charge is 0.350 e. The van der Waals surface area contributed by atoms with Crippen LogP contribution in [0.3, 0.4) is 0 Å². The molecule has 15 heavy (non-hydrogen) atoms. The number of nitrogens with one attached hydrogen (secondary N) is 1. The molecule has 0 fully saturated rings. The number of rotatable bonds is 5. The van der Waals surface area contributed by atoms with E-state index in [0.717, 1.165) is 12.8 Å². The standard InChI is InChI=1S/C12H22N2O/c1-6-11(4,9-13)10(15)14-12(5,7-2)8-3/h6-8H2,1-5H3,(H,14,15). The van der Waals surface area contributed by atoms with E-state index in [4.69, 9.17) is 5.26 Å². The lowest BCUT2D eigenvalue weighted by molar-refractivity contribution is -0.129. The van der Waals surface area contributed by atoms with E-state index in [1.807, 2.05) is 27.7 Å². The smallest absolute Gasteiger partial charge is 0.240 e. The predicted octanol–water partition coefficient (Wildman–Crippen LogP) is 2.62. The molecule has 3 nitrogen and oxygen atoms in total. The lowest BCUT2D eigenvalue weighted by atomic mass is 9.86. The number of amides is 1. The van der Waals surface area contributed by atoms with Crippen LogP contribution in [0.1, 0.15) is 53.9 Å². The quantitative estimate of drug-likeness (QED) is 0.758. The summed E-state index contributed by atoms with van der Waals surface area (Å²) in [6.07, 6.45) is 2.29. The zero-order chi connectivity index (χ0) is 12.1. The van der Waals surface area contributed by atoms with E-state index in [1.54, 1.807) is 6.92 Å². The third-order valence-corrected chi connectivity index (χ3v) is 3.43. The van der Waals surface area contributed by atoms with Crippen LogP contribution in [-0.4, -0.2) is 11.4 Å². The summed E-state index contributed by atoms with van der Waals surface area (Å²) in [6, 6.07) is 2.09. The maximum absolute atomic E-state index is 11.9. The Morgan fingerprint density at radius 2 is 1.67 bits per heavy atom. The van der Waals surface area contributed by atoms with Crippen LogP contribution < -0.4 is 5.32 Å². The van der Waals surface area contributed by atoms with Gasteiger partial charge in [0.2, 0.25) is 5.91 Å². The average Bonchev–Trinajstić information content (AvgIpc) is 2.27. The Bertz CT molecular complexity index is 263. The summed E-state index contributed by atoms with van der Waals surface area (Å²) in [5.74, 6) is -0.154. The van der Waals surface area contributed by atoms with Gasteiger partial charge in [-0.05, 0) is 33.1 Å². The van der Waals surface area contributed by atoms with Gasteiger partial charge in [-0.15, -0.1) is 0 Å². The Morgan fingerprint density at radius 1 is 1.20 bits per heavy atom. The molecule has 1 atom stereocenters. The van der Waals surface area contributed by atoms with Crippen LogP contribution in [0.15, 0.2) is 0 Å². The van der Waals surface area contributed by atoms with Crippen LogP contribution in [0.5, 0.6) is 0 Å². The summed E-state index contributed by atoms with van der Waals surface area (Å²) in [5, 5.41) is 12.0. The van der Waals surface area contributed by atoms with Crippen molar-refractivity contribution in [3.63, 3.8) is 0 Å². The number of nitrogens with zero attached hydrogens (tertiary/aromatic N) is 1. The van der Waals surface area contributed by atoms with Crippen molar-refractivity contribution in [1.82, 2.24) is 5.32 Å². The van der Waals surface area contributed by atoms with Gasteiger partial charge in [-0.1, -0.05) is 20.8 Å². The Kier molecular flexibility index (Phi) is 4.80. The zero-order valence-corrected chi connectivity index (χ0v) is 10.5.